The third kappa shape index (κ3) is 4.94. The van der Waals surface area contributed by atoms with E-state index in [9.17, 15) is 18.3 Å². The predicted molar refractivity (Wildman–Crippen MR) is 121 cm³/mol. The zero-order valence-electron chi connectivity index (χ0n) is 18.3. The van der Waals surface area contributed by atoms with Crippen LogP contribution >= 0.6 is 0 Å². The zero-order valence-corrected chi connectivity index (χ0v) is 19.1. The number of phenolic OH excluding ortho intramolecular Hbond substituents is 1. The maximum atomic E-state index is 13.1. The molecule has 1 aliphatic rings. The van der Waals surface area contributed by atoms with Crippen molar-refractivity contribution < 1.29 is 27.8 Å². The molecule has 1 amide bonds. The first-order chi connectivity index (χ1) is 16.8. The number of nitrogens with zero attached hydrogens (tertiary/aromatic N) is 6. The van der Waals surface area contributed by atoms with Crippen LogP contribution in [0.3, 0.4) is 0 Å². The van der Waals surface area contributed by atoms with Crippen LogP contribution in [-0.2, 0) is 20.5 Å². The quantitative estimate of drug-likeness (QED) is 0.446. The first kappa shape index (κ1) is 23.4. The second-order valence-electron chi connectivity index (χ2n) is 6.78. The largest absolute Gasteiger partial charge is 0.506 e. The minimum atomic E-state index is -4.22. The Balaban J connectivity index is 1.82. The number of hydrogen-bond acceptors (Lipinski definition) is 11. The second-order valence-corrected chi connectivity index (χ2v) is 8.50. The Kier molecular flexibility index (Phi) is 6.42. The van der Waals surface area contributed by atoms with Gasteiger partial charge < -0.3 is 14.6 Å². The Bertz CT molecular complexity index is 1530. The van der Waals surface area contributed by atoms with Crippen LogP contribution in [-0.4, -0.2) is 64.3 Å². The molecule has 35 heavy (non-hydrogen) atoms. The molecule has 4 rings (SSSR count). The Hall–Kier alpha value is -4.77. The van der Waals surface area contributed by atoms with Gasteiger partial charge in [0.2, 0.25) is 21.7 Å². The van der Waals surface area contributed by atoms with Gasteiger partial charge in [0.05, 0.1) is 20.3 Å². The molecule has 2 N–H and O–H groups in total. The van der Waals surface area contributed by atoms with Gasteiger partial charge in [-0.2, -0.15) is 0 Å². The van der Waals surface area contributed by atoms with Crippen molar-refractivity contribution in [2.75, 3.05) is 14.2 Å². The summed E-state index contributed by atoms with van der Waals surface area (Å²) >= 11 is 0. The van der Waals surface area contributed by atoms with Gasteiger partial charge in [-0.15, -0.1) is 10.2 Å². The summed E-state index contributed by atoms with van der Waals surface area (Å²) in [7, 11) is -1.46. The lowest BCUT2D eigenvalue weighted by Gasteiger charge is -2.15. The Labute approximate surface area is 198 Å². The van der Waals surface area contributed by atoms with Crippen molar-refractivity contribution in [1.29, 1.82) is 0 Å². The van der Waals surface area contributed by atoms with E-state index in [2.05, 4.69) is 36.6 Å². The lowest BCUT2D eigenvalue weighted by atomic mass is 10.2. The average Bonchev–Trinajstić information content (AvgIpc) is 3.28. The molecule has 3 aromatic rings. The molecule has 2 aromatic heterocycles. The predicted octanol–water partition coefficient (Wildman–Crippen LogP) is 0.741. The van der Waals surface area contributed by atoms with E-state index in [-0.39, 0.29) is 40.4 Å². The van der Waals surface area contributed by atoms with Crippen molar-refractivity contribution in [3.8, 4) is 17.2 Å². The minimum Gasteiger partial charge on any atom is -0.506 e. The van der Waals surface area contributed by atoms with Crippen LogP contribution in [0.1, 0.15) is 22.3 Å². The van der Waals surface area contributed by atoms with Crippen molar-refractivity contribution in [3.05, 3.63) is 71.7 Å². The molecule has 0 unspecified atom stereocenters. The van der Waals surface area contributed by atoms with Gasteiger partial charge in [-0.1, -0.05) is 11.8 Å². The number of sulfonamides is 1. The molecule has 13 nitrogen and oxygen atoms in total. The topological polar surface area (TPSA) is 171 Å². The molecular formula is C21H17N7O6S. The summed E-state index contributed by atoms with van der Waals surface area (Å²) in [6.07, 6.45) is 4.18. The molecule has 178 valence electrons. The van der Waals surface area contributed by atoms with Gasteiger partial charge in [-0.3, -0.25) is 9.36 Å². The summed E-state index contributed by atoms with van der Waals surface area (Å²) in [4.78, 5) is 25.0. The lowest BCUT2D eigenvalue weighted by molar-refractivity contribution is 0.0969. The normalized spacial score (nSPS) is 12.6. The number of carbonyl (C=O) groups is 1. The van der Waals surface area contributed by atoms with Crippen LogP contribution < -0.4 is 9.46 Å². The van der Waals surface area contributed by atoms with Crippen molar-refractivity contribution in [3.63, 3.8) is 0 Å². The number of phenols is 1. The van der Waals surface area contributed by atoms with Crippen LogP contribution in [0.25, 0.3) is 11.4 Å². The van der Waals surface area contributed by atoms with Gasteiger partial charge in [0.15, 0.2) is 11.5 Å². The van der Waals surface area contributed by atoms with Gasteiger partial charge in [-0.25, -0.2) is 28.1 Å². The molecule has 0 saturated heterocycles. The van der Waals surface area contributed by atoms with E-state index in [4.69, 9.17) is 9.47 Å². The lowest BCUT2D eigenvalue weighted by Crippen LogP contribution is -2.34. The number of benzene rings is 1. The van der Waals surface area contributed by atoms with Crippen molar-refractivity contribution >= 4 is 27.5 Å². The summed E-state index contributed by atoms with van der Waals surface area (Å²) in [5.41, 5.74) is 5.47. The molecule has 14 heteroatoms. The highest BCUT2D eigenvalue weighted by Gasteiger charge is 2.29. The molecule has 1 aromatic carbocycles. The molecule has 1 aliphatic heterocycles. The number of para-hydroxylation sites is 1. The molecule has 0 radical (unpaired) electrons. The Morgan fingerprint density at radius 2 is 1.91 bits per heavy atom. The van der Waals surface area contributed by atoms with E-state index in [0.717, 1.165) is 4.57 Å². The average molecular weight is 495 g/mol. The molecule has 0 atom stereocenters. The van der Waals surface area contributed by atoms with E-state index in [1.165, 1.54) is 57.0 Å². The van der Waals surface area contributed by atoms with Gasteiger partial charge in [0.1, 0.15) is 28.8 Å². The first-order valence-corrected chi connectivity index (χ1v) is 11.5. The number of aromatic nitrogens is 5. The summed E-state index contributed by atoms with van der Waals surface area (Å²) in [6.45, 7) is 0. The number of ether oxygens (including phenoxy) is 2. The van der Waals surface area contributed by atoms with Gasteiger partial charge >= 0.3 is 5.91 Å². The number of amides is 1. The third-order valence-corrected chi connectivity index (χ3v) is 5.64. The molecule has 3 heterocycles. The smallest absolute Gasteiger partial charge is 0.303 e. The highest BCUT2D eigenvalue weighted by atomic mass is 32.2. The summed E-state index contributed by atoms with van der Waals surface area (Å²) in [5.74, 6) is -2.31. The van der Waals surface area contributed by atoms with Gasteiger partial charge in [0, 0.05) is 12.4 Å². The van der Waals surface area contributed by atoms with E-state index in [1.807, 2.05) is 4.72 Å². The highest BCUT2D eigenvalue weighted by Crippen LogP contribution is 2.34. The van der Waals surface area contributed by atoms with Crippen LogP contribution in [0.5, 0.6) is 11.5 Å². The summed E-state index contributed by atoms with van der Waals surface area (Å²) in [6, 6.07) is 5.93. The molecular weight excluding hydrogens is 478 g/mol. The number of carbonyl (C=O) groups excluding carboxylic acids is 1. The Morgan fingerprint density at radius 1 is 1.14 bits per heavy atom. The molecule has 0 spiro atoms. The number of aromatic hydroxyl groups is 1. The van der Waals surface area contributed by atoms with Crippen LogP contribution in [0.4, 0.5) is 0 Å². The van der Waals surface area contributed by atoms with Crippen LogP contribution in [0, 0.1) is 0 Å². The first-order valence-electron chi connectivity index (χ1n) is 9.80. The van der Waals surface area contributed by atoms with Crippen LogP contribution in [0.15, 0.2) is 59.2 Å². The molecule has 0 fully saturated rings. The molecule has 0 saturated carbocycles. The number of aliphatic imine (C=N–C) groups is 1. The standard InChI is InChI=1S/C21H17N7O6S/c1-33-15-8-4-7-14(29)18(15)28-19(13-6-3-9-17(24-13)34-2)25-26-20(28)21(30)27-35(31,32)12-16-22-10-5-11-23-16/h4-5,7-11,29H,12H2,1-2H3,(H,27,30). The maximum absolute atomic E-state index is 13.1. The van der Waals surface area contributed by atoms with E-state index >= 15 is 0 Å². The monoisotopic (exact) mass is 495 g/mol. The maximum Gasteiger partial charge on any atom is 0.303 e. The van der Waals surface area contributed by atoms with E-state index in [0.29, 0.717) is 0 Å². The fraction of sp³-hybridized carbons (Fsp3) is 0.143. The summed E-state index contributed by atoms with van der Waals surface area (Å²) in [5, 5.41) is 18.5. The van der Waals surface area contributed by atoms with E-state index in [1.54, 1.807) is 0 Å². The number of methoxy groups -OCH3 is 2. The number of rotatable bonds is 7. The molecule has 0 aliphatic carbocycles. The third-order valence-electron chi connectivity index (χ3n) is 4.50. The summed E-state index contributed by atoms with van der Waals surface area (Å²) < 4.78 is 38.7. The zero-order chi connectivity index (χ0) is 25.0. The van der Waals surface area contributed by atoms with Crippen LogP contribution in [0.2, 0.25) is 0 Å². The van der Waals surface area contributed by atoms with Gasteiger partial charge in [-0.05, 0) is 23.9 Å². The second kappa shape index (κ2) is 9.61. The SMILES string of the molecule is COC1=NC(c2nnc(C(=O)NS(=O)(=O)Cc3ncccn3)n2-c2c(O)cccc2OC)=C=C=C1. The van der Waals surface area contributed by atoms with Crippen molar-refractivity contribution in [2.45, 2.75) is 5.75 Å². The van der Waals surface area contributed by atoms with Gasteiger partial charge in [0.25, 0.3) is 0 Å². The van der Waals surface area contributed by atoms with Crippen molar-refractivity contribution in [2.24, 2.45) is 4.99 Å². The highest BCUT2D eigenvalue weighted by molar-refractivity contribution is 7.89. The Morgan fingerprint density at radius 3 is 2.63 bits per heavy atom. The number of hydrogen-bond donors (Lipinski definition) is 2. The van der Waals surface area contributed by atoms with Crippen molar-refractivity contribution in [1.82, 2.24) is 29.5 Å². The minimum absolute atomic E-state index is 0.0111. The fourth-order valence-electron chi connectivity index (χ4n) is 3.04. The fourth-order valence-corrected chi connectivity index (χ4v) is 3.98. The number of nitrogens with one attached hydrogen (secondary N) is 1. The van der Waals surface area contributed by atoms with E-state index < -0.39 is 27.5 Å². The molecule has 0 bridgehead atoms.